The SMILES string of the molecule is CCCNc1ncc(C)c(NC(C)C(=O)NC2CC2)n1. The molecule has 2 rings (SSSR count). The van der Waals surface area contributed by atoms with E-state index in [1.165, 1.54) is 0 Å². The standard InChI is InChI=1S/C14H23N5O/c1-4-7-15-14-16-8-9(2)12(19-14)17-10(3)13(20)18-11-5-6-11/h8,10-11H,4-7H2,1-3H3,(H,18,20)(H2,15,16,17,19). The van der Waals surface area contributed by atoms with Gasteiger partial charge in [-0.1, -0.05) is 6.92 Å². The van der Waals surface area contributed by atoms with Crippen LogP contribution in [0, 0.1) is 6.92 Å². The normalized spacial score (nSPS) is 15.6. The van der Waals surface area contributed by atoms with Gasteiger partial charge in [-0.2, -0.15) is 4.98 Å². The number of amides is 1. The van der Waals surface area contributed by atoms with Crippen LogP contribution in [0.15, 0.2) is 6.20 Å². The van der Waals surface area contributed by atoms with Crippen LogP contribution in [0.5, 0.6) is 0 Å². The van der Waals surface area contributed by atoms with Crippen molar-refractivity contribution in [3.63, 3.8) is 0 Å². The molecule has 0 radical (unpaired) electrons. The van der Waals surface area contributed by atoms with Crippen LogP contribution in [-0.2, 0) is 4.79 Å². The summed E-state index contributed by atoms with van der Waals surface area (Å²) in [5.74, 6) is 1.32. The average molecular weight is 277 g/mol. The van der Waals surface area contributed by atoms with Crippen LogP contribution in [0.4, 0.5) is 11.8 Å². The van der Waals surface area contributed by atoms with Crippen LogP contribution >= 0.6 is 0 Å². The average Bonchev–Trinajstić information content (AvgIpc) is 3.23. The molecule has 0 bridgehead atoms. The summed E-state index contributed by atoms with van der Waals surface area (Å²) in [6, 6.07) is 0.0725. The maximum atomic E-state index is 11.9. The molecule has 0 aliphatic heterocycles. The number of nitrogens with one attached hydrogen (secondary N) is 3. The summed E-state index contributed by atoms with van der Waals surface area (Å²) in [6.45, 7) is 6.70. The minimum atomic E-state index is -0.303. The van der Waals surface area contributed by atoms with E-state index in [0.29, 0.717) is 17.8 Å². The van der Waals surface area contributed by atoms with Crippen LogP contribution < -0.4 is 16.0 Å². The maximum absolute atomic E-state index is 11.9. The largest absolute Gasteiger partial charge is 0.358 e. The second kappa shape index (κ2) is 6.54. The molecule has 6 heteroatoms. The lowest BCUT2D eigenvalue weighted by Gasteiger charge is -2.16. The van der Waals surface area contributed by atoms with Crippen molar-refractivity contribution in [2.75, 3.05) is 17.2 Å². The highest BCUT2D eigenvalue weighted by atomic mass is 16.2. The van der Waals surface area contributed by atoms with Gasteiger partial charge >= 0.3 is 0 Å². The van der Waals surface area contributed by atoms with Gasteiger partial charge in [-0.05, 0) is 33.1 Å². The van der Waals surface area contributed by atoms with Gasteiger partial charge in [0.2, 0.25) is 11.9 Å². The fourth-order valence-electron chi connectivity index (χ4n) is 1.73. The van der Waals surface area contributed by atoms with E-state index in [-0.39, 0.29) is 11.9 Å². The number of carbonyl (C=O) groups excluding carboxylic acids is 1. The number of anilines is 2. The molecular weight excluding hydrogens is 254 g/mol. The van der Waals surface area contributed by atoms with Gasteiger partial charge in [0.1, 0.15) is 11.9 Å². The lowest BCUT2D eigenvalue weighted by molar-refractivity contribution is -0.121. The summed E-state index contributed by atoms with van der Waals surface area (Å²) < 4.78 is 0. The first-order chi connectivity index (χ1) is 9.60. The number of aryl methyl sites for hydroxylation is 1. The first-order valence-corrected chi connectivity index (χ1v) is 7.24. The molecule has 0 aromatic carbocycles. The van der Waals surface area contributed by atoms with Crippen LogP contribution in [0.3, 0.4) is 0 Å². The number of carbonyl (C=O) groups is 1. The number of nitrogens with zero attached hydrogens (tertiary/aromatic N) is 2. The van der Waals surface area contributed by atoms with Gasteiger partial charge < -0.3 is 16.0 Å². The van der Waals surface area contributed by atoms with E-state index < -0.39 is 0 Å². The molecule has 1 heterocycles. The predicted octanol–water partition coefficient (Wildman–Crippen LogP) is 1.69. The van der Waals surface area contributed by atoms with Crippen LogP contribution in [0.25, 0.3) is 0 Å². The van der Waals surface area contributed by atoms with Gasteiger partial charge in [0, 0.05) is 24.3 Å². The Kier molecular flexibility index (Phi) is 4.76. The van der Waals surface area contributed by atoms with Crippen molar-refractivity contribution in [1.82, 2.24) is 15.3 Å². The number of aromatic nitrogens is 2. The van der Waals surface area contributed by atoms with Crippen molar-refractivity contribution in [2.24, 2.45) is 0 Å². The molecule has 0 spiro atoms. The summed E-state index contributed by atoms with van der Waals surface area (Å²) in [4.78, 5) is 20.6. The number of hydrogen-bond acceptors (Lipinski definition) is 5. The molecular formula is C14H23N5O. The zero-order valence-electron chi connectivity index (χ0n) is 12.4. The van der Waals surface area contributed by atoms with Crippen molar-refractivity contribution in [3.8, 4) is 0 Å². The third-order valence-corrected chi connectivity index (χ3v) is 3.18. The molecule has 1 atom stereocenters. The van der Waals surface area contributed by atoms with Crippen molar-refractivity contribution >= 4 is 17.7 Å². The van der Waals surface area contributed by atoms with Gasteiger partial charge in [0.25, 0.3) is 0 Å². The van der Waals surface area contributed by atoms with Crippen molar-refractivity contribution in [2.45, 2.75) is 52.1 Å². The summed E-state index contributed by atoms with van der Waals surface area (Å²) in [5.41, 5.74) is 0.929. The molecule has 1 aromatic rings. The van der Waals surface area contributed by atoms with Gasteiger partial charge in [-0.25, -0.2) is 4.98 Å². The molecule has 1 unspecified atom stereocenters. The molecule has 110 valence electrons. The minimum absolute atomic E-state index is 0.0218. The Bertz CT molecular complexity index is 473. The molecule has 1 saturated carbocycles. The highest BCUT2D eigenvalue weighted by Gasteiger charge is 2.25. The Hall–Kier alpha value is -1.85. The summed E-state index contributed by atoms with van der Waals surface area (Å²) in [6.07, 6.45) is 4.96. The Morgan fingerprint density at radius 1 is 1.50 bits per heavy atom. The molecule has 1 aliphatic rings. The maximum Gasteiger partial charge on any atom is 0.242 e. The molecule has 20 heavy (non-hydrogen) atoms. The lowest BCUT2D eigenvalue weighted by Crippen LogP contribution is -2.39. The summed E-state index contributed by atoms with van der Waals surface area (Å²) in [5, 5.41) is 9.28. The van der Waals surface area contributed by atoms with E-state index in [0.717, 1.165) is 31.4 Å². The Morgan fingerprint density at radius 2 is 2.25 bits per heavy atom. The van der Waals surface area contributed by atoms with Gasteiger partial charge in [-0.3, -0.25) is 4.79 Å². The van der Waals surface area contributed by atoms with E-state index in [2.05, 4.69) is 32.8 Å². The Morgan fingerprint density at radius 3 is 2.90 bits per heavy atom. The van der Waals surface area contributed by atoms with E-state index >= 15 is 0 Å². The van der Waals surface area contributed by atoms with Gasteiger partial charge in [0.15, 0.2) is 0 Å². The van der Waals surface area contributed by atoms with Crippen LogP contribution in [0.2, 0.25) is 0 Å². The third kappa shape index (κ3) is 4.08. The quantitative estimate of drug-likeness (QED) is 0.707. The van der Waals surface area contributed by atoms with E-state index in [1.54, 1.807) is 6.20 Å². The van der Waals surface area contributed by atoms with E-state index in [4.69, 9.17) is 0 Å². The smallest absolute Gasteiger partial charge is 0.242 e. The zero-order valence-corrected chi connectivity index (χ0v) is 12.4. The summed E-state index contributed by atoms with van der Waals surface area (Å²) in [7, 11) is 0. The van der Waals surface area contributed by atoms with Gasteiger partial charge in [0.05, 0.1) is 0 Å². The topological polar surface area (TPSA) is 78.9 Å². The number of hydrogen-bond donors (Lipinski definition) is 3. The first-order valence-electron chi connectivity index (χ1n) is 7.24. The molecule has 0 saturated heterocycles. The molecule has 1 aromatic heterocycles. The zero-order chi connectivity index (χ0) is 14.5. The van der Waals surface area contributed by atoms with Gasteiger partial charge in [-0.15, -0.1) is 0 Å². The van der Waals surface area contributed by atoms with Crippen molar-refractivity contribution < 1.29 is 4.79 Å². The Balaban J connectivity index is 1.97. The minimum Gasteiger partial charge on any atom is -0.358 e. The highest BCUT2D eigenvalue weighted by Crippen LogP contribution is 2.19. The fourth-order valence-corrected chi connectivity index (χ4v) is 1.73. The monoisotopic (exact) mass is 277 g/mol. The van der Waals surface area contributed by atoms with E-state index in [9.17, 15) is 4.79 Å². The molecule has 6 nitrogen and oxygen atoms in total. The first kappa shape index (κ1) is 14.6. The molecule has 1 amide bonds. The second-order valence-electron chi connectivity index (χ2n) is 5.30. The molecule has 1 aliphatic carbocycles. The fraction of sp³-hybridized carbons (Fsp3) is 0.643. The molecule has 3 N–H and O–H groups in total. The predicted molar refractivity (Wildman–Crippen MR) is 79.8 cm³/mol. The van der Waals surface area contributed by atoms with E-state index in [1.807, 2.05) is 13.8 Å². The highest BCUT2D eigenvalue weighted by molar-refractivity contribution is 5.84. The second-order valence-corrected chi connectivity index (χ2v) is 5.30. The van der Waals surface area contributed by atoms with Crippen molar-refractivity contribution in [3.05, 3.63) is 11.8 Å². The number of rotatable bonds is 7. The molecule has 1 fully saturated rings. The van der Waals surface area contributed by atoms with Crippen LogP contribution in [-0.4, -0.2) is 34.5 Å². The van der Waals surface area contributed by atoms with Crippen LogP contribution in [0.1, 0.15) is 38.7 Å². The van der Waals surface area contributed by atoms with Crippen molar-refractivity contribution in [1.29, 1.82) is 0 Å². The Labute approximate surface area is 119 Å². The summed E-state index contributed by atoms with van der Waals surface area (Å²) >= 11 is 0. The third-order valence-electron chi connectivity index (χ3n) is 3.18. The lowest BCUT2D eigenvalue weighted by atomic mass is 10.2.